The molecule has 11 heteroatoms. The van der Waals surface area contributed by atoms with E-state index in [1.807, 2.05) is 0 Å². The van der Waals surface area contributed by atoms with Gasteiger partial charge >= 0.3 is 6.18 Å². The second kappa shape index (κ2) is 6.55. The van der Waals surface area contributed by atoms with Gasteiger partial charge in [-0.05, 0) is 25.0 Å². The fraction of sp³-hybridized carbons (Fsp3) is 0.389. The van der Waals surface area contributed by atoms with Gasteiger partial charge in [0.15, 0.2) is 21.3 Å². The third-order valence-electron chi connectivity index (χ3n) is 4.94. The van der Waals surface area contributed by atoms with E-state index in [0.717, 1.165) is 6.07 Å². The lowest BCUT2D eigenvalue weighted by molar-refractivity contribution is -0.138. The Hall–Kier alpha value is -2.43. The van der Waals surface area contributed by atoms with Crippen LogP contribution in [-0.2, 0) is 23.1 Å². The molecule has 6 nitrogen and oxygen atoms in total. The van der Waals surface area contributed by atoms with Crippen LogP contribution in [0.4, 0.5) is 13.2 Å². The van der Waals surface area contributed by atoms with Crippen molar-refractivity contribution in [3.8, 4) is 11.5 Å². The van der Waals surface area contributed by atoms with Crippen LogP contribution in [0, 0.1) is 0 Å². The number of hydrogen-bond donors (Lipinski definition) is 0. The molecule has 1 aliphatic carbocycles. The van der Waals surface area contributed by atoms with E-state index in [1.165, 1.54) is 23.8 Å². The number of rotatable bonds is 4. The van der Waals surface area contributed by atoms with Crippen LogP contribution < -0.4 is 5.46 Å². The van der Waals surface area contributed by atoms with Gasteiger partial charge in [-0.15, -0.1) is 0 Å². The first-order chi connectivity index (χ1) is 13.5. The molecule has 1 aliphatic rings. The van der Waals surface area contributed by atoms with Crippen molar-refractivity contribution in [3.63, 3.8) is 0 Å². The average Bonchev–Trinajstić information content (AvgIpc) is 3.45. The molecular formula is C18H16BF3N4O2S. The highest BCUT2D eigenvalue weighted by Gasteiger charge is 2.40. The molecule has 0 spiro atoms. The van der Waals surface area contributed by atoms with Crippen molar-refractivity contribution in [2.75, 3.05) is 5.75 Å². The van der Waals surface area contributed by atoms with Gasteiger partial charge in [0, 0.05) is 19.2 Å². The predicted molar refractivity (Wildman–Crippen MR) is 102 cm³/mol. The lowest BCUT2D eigenvalue weighted by Gasteiger charge is -2.12. The van der Waals surface area contributed by atoms with Gasteiger partial charge in [-0.25, -0.2) is 18.4 Å². The number of fused-ring (bicyclic) bond motifs is 1. The van der Waals surface area contributed by atoms with Crippen LogP contribution in [0.2, 0.25) is 0 Å². The molecule has 0 bridgehead atoms. The molecule has 0 atom stereocenters. The van der Waals surface area contributed by atoms with E-state index in [2.05, 4.69) is 15.0 Å². The zero-order valence-corrected chi connectivity index (χ0v) is 16.5. The molecule has 0 aliphatic heterocycles. The minimum atomic E-state index is -4.55. The van der Waals surface area contributed by atoms with E-state index < -0.39 is 21.6 Å². The molecule has 0 aromatic carbocycles. The largest absolute Gasteiger partial charge is 0.418 e. The third kappa shape index (κ3) is 3.41. The SMILES string of the molecule is [B]c1cnc(-c2nc3cc(C(F)(F)F)c(C4CC4)nc3n2C)c(S(=O)(=O)CC)c1. The molecule has 0 amide bonds. The standard InChI is InChI=1S/C18H16BF3N4O2S/c1-3-29(27,28)13-6-10(19)8-23-15(13)17-24-12-7-11(18(20,21)22)14(9-4-5-9)25-16(12)26(17)2/h6-9H,3-5H2,1-2H3. The summed E-state index contributed by atoms with van der Waals surface area (Å²) in [6, 6.07) is 2.26. The Labute approximate surface area is 166 Å². The molecule has 4 rings (SSSR count). The molecule has 3 aromatic heterocycles. The van der Waals surface area contributed by atoms with E-state index in [9.17, 15) is 21.6 Å². The van der Waals surface area contributed by atoms with E-state index in [0.29, 0.717) is 12.8 Å². The molecule has 1 saturated carbocycles. The van der Waals surface area contributed by atoms with Gasteiger partial charge in [-0.1, -0.05) is 12.4 Å². The van der Waals surface area contributed by atoms with Crippen LogP contribution in [0.15, 0.2) is 23.2 Å². The van der Waals surface area contributed by atoms with Crippen molar-refractivity contribution >= 4 is 34.3 Å². The van der Waals surface area contributed by atoms with Gasteiger partial charge in [0.2, 0.25) is 0 Å². The summed E-state index contributed by atoms with van der Waals surface area (Å²) in [5.41, 5.74) is -0.336. The predicted octanol–water partition coefficient (Wildman–Crippen LogP) is 2.51. The Morgan fingerprint density at radius 1 is 1.24 bits per heavy atom. The first kappa shape index (κ1) is 19.9. The molecule has 3 heterocycles. The number of imidazole rings is 1. The van der Waals surface area contributed by atoms with Crippen molar-refractivity contribution in [1.82, 2.24) is 19.5 Å². The van der Waals surface area contributed by atoms with Gasteiger partial charge in [0.25, 0.3) is 0 Å². The van der Waals surface area contributed by atoms with Crippen molar-refractivity contribution in [3.05, 3.63) is 29.6 Å². The first-order valence-electron chi connectivity index (χ1n) is 8.96. The van der Waals surface area contributed by atoms with Crippen molar-refractivity contribution in [2.45, 2.75) is 36.8 Å². The number of pyridine rings is 2. The van der Waals surface area contributed by atoms with Crippen molar-refractivity contribution in [2.24, 2.45) is 7.05 Å². The second-order valence-corrected chi connectivity index (χ2v) is 9.30. The quantitative estimate of drug-likeness (QED) is 0.607. The number of aryl methyl sites for hydroxylation is 1. The molecule has 29 heavy (non-hydrogen) atoms. The number of nitrogens with zero attached hydrogens (tertiary/aromatic N) is 4. The normalized spacial score (nSPS) is 15.2. The van der Waals surface area contributed by atoms with Gasteiger partial charge in [-0.2, -0.15) is 13.2 Å². The summed E-state index contributed by atoms with van der Waals surface area (Å²) in [6.07, 6.45) is -1.95. The highest BCUT2D eigenvalue weighted by molar-refractivity contribution is 7.91. The Morgan fingerprint density at radius 2 is 1.93 bits per heavy atom. The molecule has 150 valence electrons. The molecule has 0 N–H and O–H groups in total. The minimum absolute atomic E-state index is 0.00576. The van der Waals surface area contributed by atoms with Crippen LogP contribution in [0.1, 0.15) is 36.9 Å². The van der Waals surface area contributed by atoms with Crippen LogP contribution in [0.3, 0.4) is 0 Å². The van der Waals surface area contributed by atoms with Crippen LogP contribution in [-0.4, -0.2) is 41.5 Å². The maximum Gasteiger partial charge on any atom is 0.418 e. The summed E-state index contributed by atoms with van der Waals surface area (Å²) in [4.78, 5) is 12.5. The number of aromatic nitrogens is 4. The summed E-state index contributed by atoms with van der Waals surface area (Å²) < 4.78 is 67.1. The van der Waals surface area contributed by atoms with Crippen molar-refractivity contribution in [1.29, 1.82) is 0 Å². The fourth-order valence-electron chi connectivity index (χ4n) is 3.25. The number of hydrogen-bond acceptors (Lipinski definition) is 5. The average molecular weight is 420 g/mol. The van der Waals surface area contributed by atoms with E-state index >= 15 is 0 Å². The number of sulfone groups is 1. The molecule has 3 aromatic rings. The van der Waals surface area contributed by atoms with Crippen LogP contribution in [0.25, 0.3) is 22.7 Å². The minimum Gasteiger partial charge on any atom is -0.310 e. The highest BCUT2D eigenvalue weighted by atomic mass is 32.2. The smallest absolute Gasteiger partial charge is 0.310 e. The van der Waals surface area contributed by atoms with Crippen LogP contribution in [0.5, 0.6) is 0 Å². The Bertz CT molecular complexity index is 1230. The Morgan fingerprint density at radius 3 is 2.52 bits per heavy atom. The molecule has 1 fully saturated rings. The number of alkyl halides is 3. The maximum absolute atomic E-state index is 13.5. The van der Waals surface area contributed by atoms with E-state index in [4.69, 9.17) is 7.85 Å². The monoisotopic (exact) mass is 420 g/mol. The Kier molecular flexibility index (Phi) is 4.49. The zero-order chi connectivity index (χ0) is 21.1. The fourth-order valence-corrected chi connectivity index (χ4v) is 4.32. The first-order valence-corrected chi connectivity index (χ1v) is 10.6. The van der Waals surface area contributed by atoms with E-state index in [-0.39, 0.29) is 50.4 Å². The van der Waals surface area contributed by atoms with Crippen LogP contribution >= 0.6 is 0 Å². The molecule has 2 radical (unpaired) electrons. The van der Waals surface area contributed by atoms with Gasteiger partial charge in [0.1, 0.15) is 19.1 Å². The Balaban J connectivity index is 1.99. The lowest BCUT2D eigenvalue weighted by Crippen LogP contribution is -2.14. The summed E-state index contributed by atoms with van der Waals surface area (Å²) in [5.74, 6) is -0.294. The second-order valence-electron chi connectivity index (χ2n) is 7.05. The summed E-state index contributed by atoms with van der Waals surface area (Å²) in [5, 5.41) is 0. The molecule has 0 unspecified atom stereocenters. The molecule has 0 saturated heterocycles. The van der Waals surface area contributed by atoms with Crippen molar-refractivity contribution < 1.29 is 21.6 Å². The van der Waals surface area contributed by atoms with Gasteiger partial charge in [0.05, 0.1) is 21.9 Å². The highest BCUT2D eigenvalue weighted by Crippen LogP contribution is 2.45. The summed E-state index contributed by atoms with van der Waals surface area (Å²) >= 11 is 0. The lowest BCUT2D eigenvalue weighted by atomic mass is 9.99. The summed E-state index contributed by atoms with van der Waals surface area (Å²) in [7, 11) is 3.58. The maximum atomic E-state index is 13.5. The molecular weight excluding hydrogens is 404 g/mol. The summed E-state index contributed by atoms with van der Waals surface area (Å²) in [6.45, 7) is 1.48. The topological polar surface area (TPSA) is 77.7 Å². The third-order valence-corrected chi connectivity index (χ3v) is 6.69. The van der Waals surface area contributed by atoms with Gasteiger partial charge in [-0.3, -0.25) is 4.98 Å². The number of halogens is 3. The zero-order valence-electron chi connectivity index (χ0n) is 15.7. The van der Waals surface area contributed by atoms with Gasteiger partial charge < -0.3 is 4.57 Å². The van der Waals surface area contributed by atoms with E-state index in [1.54, 1.807) is 7.05 Å².